The Morgan fingerprint density at radius 3 is 2.58 bits per heavy atom. The second-order valence-electron chi connectivity index (χ2n) is 5.38. The van der Waals surface area contributed by atoms with Gasteiger partial charge in [0.15, 0.2) is 0 Å². The lowest BCUT2D eigenvalue weighted by atomic mass is 9.87. The predicted octanol–water partition coefficient (Wildman–Crippen LogP) is 3.08. The second kappa shape index (κ2) is 4.81. The molecule has 1 aromatic rings. The number of quaternary nitrogens is 1. The van der Waals surface area contributed by atoms with E-state index in [1.165, 1.54) is 0 Å². The minimum Gasteiger partial charge on any atom is -0.287 e. The van der Waals surface area contributed by atoms with Gasteiger partial charge in [-0.3, -0.25) is 5.32 Å². The molecule has 4 rings (SSSR count). The molecule has 0 radical (unpaired) electrons. The van der Waals surface area contributed by atoms with Crippen molar-refractivity contribution in [3.05, 3.63) is 30.3 Å². The molecule has 3 saturated heterocycles. The van der Waals surface area contributed by atoms with E-state index in [-0.39, 0.29) is 4.65 Å². The van der Waals surface area contributed by atoms with Crippen LogP contribution in [0.5, 0.6) is 0 Å². The summed E-state index contributed by atoms with van der Waals surface area (Å²) in [5.41, 5.74) is 0.660. The van der Waals surface area contributed by atoms with Gasteiger partial charge in [-0.2, -0.15) is 4.39 Å². The van der Waals surface area contributed by atoms with Crippen molar-refractivity contribution in [2.75, 3.05) is 18.4 Å². The van der Waals surface area contributed by atoms with E-state index in [0.29, 0.717) is 31.1 Å². The molecule has 102 valence electrons. The van der Waals surface area contributed by atoms with Crippen LogP contribution in [-0.2, 0) is 4.84 Å². The fraction of sp³-hybridized carbons (Fsp3) is 0.500. The van der Waals surface area contributed by atoms with Gasteiger partial charge >= 0.3 is 6.09 Å². The summed E-state index contributed by atoms with van der Waals surface area (Å²) < 4.78 is 13.9. The van der Waals surface area contributed by atoms with Crippen LogP contribution in [0.2, 0.25) is 0 Å². The molecule has 3 heterocycles. The van der Waals surface area contributed by atoms with Crippen molar-refractivity contribution in [3.63, 3.8) is 0 Å². The van der Waals surface area contributed by atoms with Gasteiger partial charge in [-0.25, -0.2) is 9.63 Å². The molecule has 3 aliphatic heterocycles. The van der Waals surface area contributed by atoms with E-state index in [0.717, 1.165) is 12.8 Å². The van der Waals surface area contributed by atoms with Gasteiger partial charge in [-0.15, -0.1) is 4.65 Å². The quantitative estimate of drug-likeness (QED) is 0.659. The first-order chi connectivity index (χ1) is 9.18. The lowest BCUT2D eigenvalue weighted by molar-refractivity contribution is -1.13. The van der Waals surface area contributed by atoms with Gasteiger partial charge in [0.1, 0.15) is 13.1 Å². The molecule has 1 aromatic carbocycles. The van der Waals surface area contributed by atoms with Gasteiger partial charge < -0.3 is 0 Å². The van der Waals surface area contributed by atoms with Gasteiger partial charge in [0.05, 0.1) is 0 Å². The summed E-state index contributed by atoms with van der Waals surface area (Å²) in [4.78, 5) is 17.3. The number of hydrogen-bond donors (Lipinski definition) is 1. The van der Waals surface area contributed by atoms with Crippen molar-refractivity contribution in [2.24, 2.45) is 5.92 Å². The van der Waals surface area contributed by atoms with Gasteiger partial charge in [0.25, 0.3) is 6.30 Å². The largest absolute Gasteiger partial charge is 0.466 e. The van der Waals surface area contributed by atoms with Crippen molar-refractivity contribution in [1.29, 1.82) is 0 Å². The Bertz CT molecular complexity index is 458. The molecule has 1 unspecified atom stereocenters. The van der Waals surface area contributed by atoms with E-state index in [4.69, 9.17) is 4.84 Å². The fourth-order valence-corrected chi connectivity index (χ4v) is 3.02. The number of rotatable bonds is 2. The van der Waals surface area contributed by atoms with E-state index in [9.17, 15) is 9.18 Å². The Hall–Kier alpha value is -1.62. The lowest BCUT2D eigenvalue weighted by Crippen LogP contribution is -2.63. The maximum Gasteiger partial charge on any atom is 0.466 e. The summed E-state index contributed by atoms with van der Waals surface area (Å²) in [6, 6.07) is 9.07. The number of piperidine rings is 3. The number of benzene rings is 1. The van der Waals surface area contributed by atoms with Crippen LogP contribution in [0.1, 0.15) is 19.3 Å². The smallest absolute Gasteiger partial charge is 0.287 e. The molecule has 5 heteroatoms. The van der Waals surface area contributed by atoms with Gasteiger partial charge in [0, 0.05) is 24.9 Å². The summed E-state index contributed by atoms with van der Waals surface area (Å²) in [6.07, 6.45) is 0.750. The highest BCUT2D eigenvalue weighted by Crippen LogP contribution is 2.39. The zero-order valence-corrected chi connectivity index (χ0v) is 10.7. The molecule has 0 aliphatic carbocycles. The number of nitrogens with one attached hydrogen (secondary N) is 1. The minimum absolute atomic E-state index is 0.158. The highest BCUT2D eigenvalue weighted by molar-refractivity contribution is 5.83. The second-order valence-corrected chi connectivity index (χ2v) is 5.38. The number of carbonyl (C=O) groups excluding carboxylic acids is 1. The third-order valence-corrected chi connectivity index (χ3v) is 4.16. The average molecular weight is 265 g/mol. The third kappa shape index (κ3) is 2.42. The molecule has 3 aliphatic rings. The number of halogens is 1. The summed E-state index contributed by atoms with van der Waals surface area (Å²) in [5, 5.41) is 2.64. The van der Waals surface area contributed by atoms with E-state index in [1.54, 1.807) is 12.1 Å². The standard InChI is InChI=1S/C14H17FN2O2/c15-13-10-11-6-8-17(13,9-7-11)19-14(18)16-12-4-2-1-3-5-12/h1-5,11,13H,6-10H2/p+1. The Morgan fingerprint density at radius 2 is 1.95 bits per heavy atom. The molecule has 0 saturated carbocycles. The van der Waals surface area contributed by atoms with E-state index >= 15 is 0 Å². The van der Waals surface area contributed by atoms with Crippen molar-refractivity contribution in [2.45, 2.75) is 25.6 Å². The average Bonchev–Trinajstić information content (AvgIpc) is 2.41. The molecular formula is C14H18FN2O2+. The van der Waals surface area contributed by atoms with Crippen molar-refractivity contribution in [1.82, 2.24) is 0 Å². The molecule has 1 atom stereocenters. The molecular weight excluding hydrogens is 247 g/mol. The van der Waals surface area contributed by atoms with Crippen LogP contribution < -0.4 is 5.32 Å². The predicted molar refractivity (Wildman–Crippen MR) is 68.8 cm³/mol. The number of anilines is 1. The van der Waals surface area contributed by atoms with Crippen molar-refractivity contribution in [3.8, 4) is 0 Å². The molecule has 0 aromatic heterocycles. The lowest BCUT2D eigenvalue weighted by Gasteiger charge is -2.46. The molecule has 3 fully saturated rings. The van der Waals surface area contributed by atoms with Crippen LogP contribution in [0.3, 0.4) is 0 Å². The Labute approximate surface area is 111 Å². The van der Waals surface area contributed by atoms with Crippen LogP contribution >= 0.6 is 0 Å². The van der Waals surface area contributed by atoms with E-state index in [2.05, 4.69) is 5.32 Å². The number of carbonyl (C=O) groups is 1. The Kier molecular flexibility index (Phi) is 3.14. The topological polar surface area (TPSA) is 38.3 Å². The van der Waals surface area contributed by atoms with Crippen molar-refractivity contribution >= 4 is 11.8 Å². The van der Waals surface area contributed by atoms with Crippen LogP contribution in [0.25, 0.3) is 0 Å². The van der Waals surface area contributed by atoms with E-state index < -0.39 is 12.4 Å². The Morgan fingerprint density at radius 1 is 1.26 bits per heavy atom. The van der Waals surface area contributed by atoms with Crippen LogP contribution in [0.4, 0.5) is 14.9 Å². The monoisotopic (exact) mass is 265 g/mol. The molecule has 1 amide bonds. The van der Waals surface area contributed by atoms with Crippen molar-refractivity contribution < 1.29 is 18.7 Å². The normalized spacial score (nSPS) is 32.9. The number of fused-ring (bicyclic) bond motifs is 3. The highest BCUT2D eigenvalue weighted by Gasteiger charge is 2.52. The number of alkyl halides is 1. The highest BCUT2D eigenvalue weighted by atomic mass is 19.1. The summed E-state index contributed by atoms with van der Waals surface area (Å²) in [7, 11) is 0. The molecule has 4 nitrogen and oxygen atoms in total. The van der Waals surface area contributed by atoms with Gasteiger partial charge in [-0.1, -0.05) is 18.2 Å². The number of nitrogens with zero attached hydrogens (tertiary/aromatic N) is 1. The zero-order chi connectivity index (χ0) is 13.3. The SMILES string of the molecule is O=C(Nc1ccccc1)O[N+]12CCC(CC1)CC2F. The Balaban J connectivity index is 1.65. The molecule has 1 N–H and O–H groups in total. The van der Waals surface area contributed by atoms with Crippen LogP contribution in [0, 0.1) is 5.92 Å². The maximum absolute atomic E-state index is 14.1. The number of amides is 1. The summed E-state index contributed by atoms with van der Waals surface area (Å²) in [6.45, 7) is 1.18. The third-order valence-electron chi connectivity index (χ3n) is 4.16. The van der Waals surface area contributed by atoms with Crippen LogP contribution in [0.15, 0.2) is 30.3 Å². The minimum atomic E-state index is -1.07. The summed E-state index contributed by atoms with van der Waals surface area (Å²) in [5.74, 6) is 0.468. The van der Waals surface area contributed by atoms with Crippen LogP contribution in [-0.4, -0.2) is 30.1 Å². The number of hydrogen-bond acceptors (Lipinski definition) is 2. The molecule has 19 heavy (non-hydrogen) atoms. The van der Waals surface area contributed by atoms with E-state index in [1.807, 2.05) is 18.2 Å². The fourth-order valence-electron chi connectivity index (χ4n) is 3.02. The maximum atomic E-state index is 14.1. The number of para-hydroxylation sites is 1. The molecule has 2 bridgehead atoms. The van der Waals surface area contributed by atoms with Gasteiger partial charge in [-0.05, 0) is 18.1 Å². The molecule has 0 spiro atoms. The first kappa shape index (κ1) is 12.4. The first-order valence-corrected chi connectivity index (χ1v) is 6.74. The first-order valence-electron chi connectivity index (χ1n) is 6.74. The van der Waals surface area contributed by atoms with Gasteiger partial charge in [0.2, 0.25) is 0 Å². The summed E-state index contributed by atoms with van der Waals surface area (Å²) >= 11 is 0. The number of hydroxylamine groups is 3. The zero-order valence-electron chi connectivity index (χ0n) is 10.7.